The fourth-order valence-corrected chi connectivity index (χ4v) is 2.03. The molecule has 0 fully saturated rings. The van der Waals surface area contributed by atoms with E-state index < -0.39 is 0 Å². The van der Waals surface area contributed by atoms with Crippen LogP contribution in [-0.4, -0.2) is 33.6 Å². The van der Waals surface area contributed by atoms with E-state index in [4.69, 9.17) is 5.73 Å². The molecule has 1 atom stereocenters. The number of amides is 1. The zero-order valence-corrected chi connectivity index (χ0v) is 11.0. The van der Waals surface area contributed by atoms with E-state index in [1.54, 1.807) is 29.3 Å². The molecule has 0 aliphatic rings. The van der Waals surface area contributed by atoms with E-state index in [1.807, 2.05) is 0 Å². The highest BCUT2D eigenvalue weighted by atomic mass is 16.1. The average Bonchev–Trinajstić information content (AvgIpc) is 2.87. The summed E-state index contributed by atoms with van der Waals surface area (Å²) in [6.45, 7) is 3.39. The van der Waals surface area contributed by atoms with Crippen LogP contribution in [0, 0.1) is 5.92 Å². The molecule has 2 aromatic heterocycles. The molecule has 6 heteroatoms. The largest absolute Gasteiger partial charge is 0.352 e. The van der Waals surface area contributed by atoms with Gasteiger partial charge >= 0.3 is 0 Å². The zero-order valence-electron chi connectivity index (χ0n) is 11.0. The molecule has 19 heavy (non-hydrogen) atoms. The SMILES string of the molecule is CCC(CCN)CNC(=O)c1cnn2ccncc12. The van der Waals surface area contributed by atoms with Crippen molar-refractivity contribution in [2.45, 2.75) is 19.8 Å². The quantitative estimate of drug-likeness (QED) is 0.806. The number of hydrogen-bond donors (Lipinski definition) is 2. The maximum atomic E-state index is 12.1. The Labute approximate surface area is 112 Å². The van der Waals surface area contributed by atoms with Gasteiger partial charge in [0, 0.05) is 18.9 Å². The summed E-state index contributed by atoms with van der Waals surface area (Å²) in [4.78, 5) is 16.1. The first-order valence-corrected chi connectivity index (χ1v) is 6.51. The normalized spacial score (nSPS) is 12.5. The van der Waals surface area contributed by atoms with E-state index in [0.29, 0.717) is 30.1 Å². The molecule has 1 unspecified atom stereocenters. The lowest BCUT2D eigenvalue weighted by molar-refractivity contribution is 0.0947. The third kappa shape index (κ3) is 3.08. The highest BCUT2D eigenvalue weighted by molar-refractivity contribution is 6.00. The summed E-state index contributed by atoms with van der Waals surface area (Å²) in [6, 6.07) is 0. The lowest BCUT2D eigenvalue weighted by Gasteiger charge is -2.14. The van der Waals surface area contributed by atoms with Crippen molar-refractivity contribution in [3.05, 3.63) is 30.4 Å². The predicted molar refractivity (Wildman–Crippen MR) is 72.8 cm³/mol. The van der Waals surface area contributed by atoms with Crippen LogP contribution in [0.1, 0.15) is 30.1 Å². The third-order valence-electron chi connectivity index (χ3n) is 3.27. The van der Waals surface area contributed by atoms with Gasteiger partial charge in [0.1, 0.15) is 0 Å². The Hall–Kier alpha value is -1.95. The van der Waals surface area contributed by atoms with Crippen LogP contribution in [-0.2, 0) is 0 Å². The fraction of sp³-hybridized carbons (Fsp3) is 0.462. The van der Waals surface area contributed by atoms with Crippen LogP contribution >= 0.6 is 0 Å². The summed E-state index contributed by atoms with van der Waals surface area (Å²) in [6.07, 6.45) is 8.49. The summed E-state index contributed by atoms with van der Waals surface area (Å²) in [5.74, 6) is 0.312. The van der Waals surface area contributed by atoms with Crippen molar-refractivity contribution < 1.29 is 4.79 Å². The Balaban J connectivity index is 2.04. The van der Waals surface area contributed by atoms with Gasteiger partial charge in [-0.05, 0) is 18.9 Å². The molecule has 6 nitrogen and oxygen atoms in total. The summed E-state index contributed by atoms with van der Waals surface area (Å²) in [5.41, 5.74) is 6.81. The highest BCUT2D eigenvalue weighted by Crippen LogP contribution is 2.10. The van der Waals surface area contributed by atoms with Crippen molar-refractivity contribution in [2.75, 3.05) is 13.1 Å². The third-order valence-corrected chi connectivity index (χ3v) is 3.27. The van der Waals surface area contributed by atoms with Crippen molar-refractivity contribution in [1.82, 2.24) is 19.9 Å². The summed E-state index contributed by atoms with van der Waals surface area (Å²) >= 11 is 0. The number of nitrogens with one attached hydrogen (secondary N) is 1. The second kappa shape index (κ2) is 6.29. The van der Waals surface area contributed by atoms with E-state index in [2.05, 4.69) is 22.3 Å². The van der Waals surface area contributed by atoms with Gasteiger partial charge in [0.05, 0.1) is 23.5 Å². The molecule has 0 saturated heterocycles. The monoisotopic (exact) mass is 261 g/mol. The van der Waals surface area contributed by atoms with Gasteiger partial charge < -0.3 is 11.1 Å². The Kier molecular flexibility index (Phi) is 4.46. The Morgan fingerprint density at radius 2 is 2.37 bits per heavy atom. The first-order chi connectivity index (χ1) is 9.26. The summed E-state index contributed by atoms with van der Waals surface area (Å²) < 4.78 is 1.64. The number of carbonyl (C=O) groups excluding carboxylic acids is 1. The number of aromatic nitrogens is 3. The first-order valence-electron chi connectivity index (χ1n) is 6.51. The molecule has 2 aromatic rings. The van der Waals surface area contributed by atoms with E-state index in [-0.39, 0.29) is 5.91 Å². The number of nitrogens with two attached hydrogens (primary N) is 1. The van der Waals surface area contributed by atoms with E-state index in [9.17, 15) is 4.79 Å². The summed E-state index contributed by atoms with van der Waals surface area (Å²) in [5, 5.41) is 7.06. The second-order valence-corrected chi connectivity index (χ2v) is 4.53. The predicted octanol–water partition coefficient (Wildman–Crippen LogP) is 0.834. The van der Waals surface area contributed by atoms with E-state index in [0.717, 1.165) is 12.8 Å². The molecule has 0 aliphatic carbocycles. The molecule has 2 rings (SSSR count). The number of fused-ring (bicyclic) bond motifs is 1. The molecule has 0 aliphatic heterocycles. The summed E-state index contributed by atoms with van der Waals surface area (Å²) in [7, 11) is 0. The van der Waals surface area contributed by atoms with Gasteiger partial charge in [0.2, 0.25) is 0 Å². The number of rotatable bonds is 6. The minimum Gasteiger partial charge on any atom is -0.352 e. The van der Waals surface area contributed by atoms with Crippen molar-refractivity contribution in [3.8, 4) is 0 Å². The molecule has 1 amide bonds. The molecule has 0 aromatic carbocycles. The van der Waals surface area contributed by atoms with Crippen LogP contribution in [0.2, 0.25) is 0 Å². The van der Waals surface area contributed by atoms with Crippen molar-refractivity contribution in [3.63, 3.8) is 0 Å². The molecule has 2 heterocycles. The van der Waals surface area contributed by atoms with Gasteiger partial charge in [0.15, 0.2) is 0 Å². The van der Waals surface area contributed by atoms with Crippen LogP contribution in [0.3, 0.4) is 0 Å². The number of nitrogens with zero attached hydrogens (tertiary/aromatic N) is 3. The van der Waals surface area contributed by atoms with Gasteiger partial charge in [-0.1, -0.05) is 13.3 Å². The van der Waals surface area contributed by atoms with Gasteiger partial charge in [-0.25, -0.2) is 4.52 Å². The topological polar surface area (TPSA) is 85.3 Å². The molecular weight excluding hydrogens is 242 g/mol. The Morgan fingerprint density at radius 3 is 3.11 bits per heavy atom. The number of hydrogen-bond acceptors (Lipinski definition) is 4. The Bertz CT molecular complexity index is 551. The van der Waals surface area contributed by atoms with Crippen molar-refractivity contribution in [2.24, 2.45) is 11.7 Å². The fourth-order valence-electron chi connectivity index (χ4n) is 2.03. The highest BCUT2D eigenvalue weighted by Gasteiger charge is 2.14. The van der Waals surface area contributed by atoms with Crippen molar-refractivity contribution in [1.29, 1.82) is 0 Å². The minimum atomic E-state index is -0.113. The number of carbonyl (C=O) groups is 1. The van der Waals surface area contributed by atoms with E-state index in [1.165, 1.54) is 0 Å². The molecule has 102 valence electrons. The van der Waals surface area contributed by atoms with Gasteiger partial charge in [-0.3, -0.25) is 9.78 Å². The second-order valence-electron chi connectivity index (χ2n) is 4.53. The minimum absolute atomic E-state index is 0.113. The smallest absolute Gasteiger partial charge is 0.255 e. The molecule has 0 radical (unpaired) electrons. The maximum Gasteiger partial charge on any atom is 0.255 e. The molecule has 0 spiro atoms. The van der Waals surface area contributed by atoms with Gasteiger partial charge in [0.25, 0.3) is 5.91 Å². The van der Waals surface area contributed by atoms with Crippen LogP contribution < -0.4 is 11.1 Å². The Morgan fingerprint density at radius 1 is 1.53 bits per heavy atom. The molecular formula is C13H19N5O. The molecule has 0 bridgehead atoms. The standard InChI is InChI=1S/C13H19N5O/c1-2-10(3-4-14)7-16-13(19)11-8-17-18-6-5-15-9-12(11)18/h5-6,8-10H,2-4,7,14H2,1H3,(H,16,19). The molecule has 3 N–H and O–H groups in total. The van der Waals surface area contributed by atoms with Crippen molar-refractivity contribution >= 4 is 11.4 Å². The van der Waals surface area contributed by atoms with Gasteiger partial charge in [-0.2, -0.15) is 5.10 Å². The van der Waals surface area contributed by atoms with Crippen LogP contribution in [0.25, 0.3) is 5.52 Å². The van der Waals surface area contributed by atoms with Gasteiger partial charge in [-0.15, -0.1) is 0 Å². The van der Waals surface area contributed by atoms with Crippen LogP contribution in [0.4, 0.5) is 0 Å². The van der Waals surface area contributed by atoms with Crippen LogP contribution in [0.15, 0.2) is 24.8 Å². The maximum absolute atomic E-state index is 12.1. The lowest BCUT2D eigenvalue weighted by Crippen LogP contribution is -2.30. The lowest BCUT2D eigenvalue weighted by atomic mass is 10.0. The molecule has 0 saturated carbocycles. The zero-order chi connectivity index (χ0) is 13.7. The first kappa shape index (κ1) is 13.5. The van der Waals surface area contributed by atoms with E-state index >= 15 is 0 Å². The average molecular weight is 261 g/mol. The van der Waals surface area contributed by atoms with Crippen LogP contribution in [0.5, 0.6) is 0 Å².